The van der Waals surface area contributed by atoms with Gasteiger partial charge < -0.3 is 19.9 Å². The molecule has 0 bridgehead atoms. The molecular formula is C16H26N8O. The van der Waals surface area contributed by atoms with Gasteiger partial charge in [-0.2, -0.15) is 5.10 Å². The molecule has 2 aromatic heterocycles. The first-order valence-corrected chi connectivity index (χ1v) is 8.63. The van der Waals surface area contributed by atoms with Gasteiger partial charge in [0.05, 0.1) is 12.9 Å². The van der Waals surface area contributed by atoms with Gasteiger partial charge in [-0.15, -0.1) is 0 Å². The van der Waals surface area contributed by atoms with Crippen molar-refractivity contribution in [2.75, 3.05) is 20.7 Å². The molecule has 136 valence electrons. The smallest absolute Gasteiger partial charge is 0.191 e. The average molecular weight is 346 g/mol. The lowest BCUT2D eigenvalue weighted by molar-refractivity contribution is 0.177. The lowest BCUT2D eigenvalue weighted by atomic mass is 10.1. The summed E-state index contributed by atoms with van der Waals surface area (Å²) in [5.74, 6) is 2.62. The highest BCUT2D eigenvalue weighted by atomic mass is 16.5. The third-order valence-electron chi connectivity index (χ3n) is 4.18. The molecule has 2 N–H and O–H groups in total. The Morgan fingerprint density at radius 2 is 2.40 bits per heavy atom. The third-order valence-corrected chi connectivity index (χ3v) is 4.18. The predicted molar refractivity (Wildman–Crippen MR) is 94.2 cm³/mol. The molecule has 1 aliphatic heterocycles. The fourth-order valence-electron chi connectivity index (χ4n) is 2.94. The number of aryl methyl sites for hydroxylation is 2. The van der Waals surface area contributed by atoms with E-state index in [1.54, 1.807) is 20.4 Å². The van der Waals surface area contributed by atoms with Crippen molar-refractivity contribution < 1.29 is 4.74 Å². The Labute approximate surface area is 147 Å². The maximum atomic E-state index is 5.11. The Hall–Kier alpha value is -2.42. The molecule has 3 rings (SSSR count). The zero-order chi connectivity index (χ0) is 17.5. The Bertz CT molecular complexity index is 678. The second-order valence-corrected chi connectivity index (χ2v) is 6.09. The summed E-state index contributed by atoms with van der Waals surface area (Å²) in [6.45, 7) is 3.05. The number of fused-ring (bicyclic) bond motifs is 1. The lowest BCUT2D eigenvalue weighted by Crippen LogP contribution is -2.47. The van der Waals surface area contributed by atoms with Crippen molar-refractivity contribution in [3.05, 3.63) is 30.4 Å². The van der Waals surface area contributed by atoms with Gasteiger partial charge in [0.15, 0.2) is 11.8 Å². The molecule has 0 aromatic carbocycles. The molecule has 2 aromatic rings. The van der Waals surface area contributed by atoms with Crippen molar-refractivity contribution in [2.24, 2.45) is 4.99 Å². The molecule has 0 aliphatic carbocycles. The van der Waals surface area contributed by atoms with Gasteiger partial charge in [0, 0.05) is 52.1 Å². The molecule has 0 saturated heterocycles. The van der Waals surface area contributed by atoms with Crippen LogP contribution >= 0.6 is 0 Å². The van der Waals surface area contributed by atoms with E-state index in [1.807, 2.05) is 17.2 Å². The van der Waals surface area contributed by atoms with Gasteiger partial charge >= 0.3 is 0 Å². The second-order valence-electron chi connectivity index (χ2n) is 6.09. The van der Waals surface area contributed by atoms with Crippen LogP contribution in [0.2, 0.25) is 0 Å². The third kappa shape index (κ3) is 4.79. The van der Waals surface area contributed by atoms with Gasteiger partial charge in [0.1, 0.15) is 12.4 Å². The van der Waals surface area contributed by atoms with E-state index in [1.165, 1.54) is 0 Å². The van der Waals surface area contributed by atoms with Gasteiger partial charge in [0.2, 0.25) is 0 Å². The molecule has 1 aliphatic rings. The zero-order valence-electron chi connectivity index (χ0n) is 14.9. The molecule has 3 heterocycles. The first-order chi connectivity index (χ1) is 12.3. The predicted octanol–water partition coefficient (Wildman–Crippen LogP) is 0.191. The Balaban J connectivity index is 1.44. The summed E-state index contributed by atoms with van der Waals surface area (Å²) in [4.78, 5) is 12.9. The maximum absolute atomic E-state index is 5.11. The molecule has 1 unspecified atom stereocenters. The number of aliphatic imine (C=N–C) groups is 1. The fourth-order valence-corrected chi connectivity index (χ4v) is 2.94. The molecule has 0 saturated carbocycles. The Kier molecular flexibility index (Phi) is 5.99. The van der Waals surface area contributed by atoms with Crippen molar-refractivity contribution in [3.8, 4) is 0 Å². The summed E-state index contributed by atoms with van der Waals surface area (Å²) >= 11 is 0. The van der Waals surface area contributed by atoms with Crippen LogP contribution in [0.15, 0.2) is 23.7 Å². The summed E-state index contributed by atoms with van der Waals surface area (Å²) in [6, 6.07) is 0.296. The highest BCUT2D eigenvalue weighted by Crippen LogP contribution is 2.13. The van der Waals surface area contributed by atoms with E-state index >= 15 is 0 Å². The quantitative estimate of drug-likeness (QED) is 0.422. The van der Waals surface area contributed by atoms with E-state index in [4.69, 9.17) is 4.74 Å². The van der Waals surface area contributed by atoms with E-state index in [9.17, 15) is 0 Å². The summed E-state index contributed by atoms with van der Waals surface area (Å²) < 4.78 is 9.15. The van der Waals surface area contributed by atoms with Crippen molar-refractivity contribution in [2.45, 2.75) is 45.0 Å². The highest BCUT2D eigenvalue weighted by Gasteiger charge is 2.22. The van der Waals surface area contributed by atoms with Crippen LogP contribution < -0.4 is 10.6 Å². The van der Waals surface area contributed by atoms with Crippen LogP contribution in [-0.2, 0) is 30.9 Å². The molecule has 0 amide bonds. The number of aromatic nitrogens is 5. The van der Waals surface area contributed by atoms with Crippen LogP contribution in [-0.4, -0.2) is 57.0 Å². The number of hydrogen-bond acceptors (Lipinski definition) is 5. The molecule has 1 atom stereocenters. The number of nitrogens with zero attached hydrogens (tertiary/aromatic N) is 6. The minimum atomic E-state index is 0.296. The Morgan fingerprint density at radius 3 is 3.16 bits per heavy atom. The largest absolute Gasteiger partial charge is 0.377 e. The number of nitrogens with one attached hydrogen (secondary N) is 2. The van der Waals surface area contributed by atoms with Crippen LogP contribution in [0, 0.1) is 0 Å². The normalized spacial score (nSPS) is 17.4. The molecule has 0 spiro atoms. The van der Waals surface area contributed by atoms with Gasteiger partial charge in [-0.3, -0.25) is 4.99 Å². The van der Waals surface area contributed by atoms with E-state index < -0.39 is 0 Å². The summed E-state index contributed by atoms with van der Waals surface area (Å²) in [7, 11) is 3.46. The van der Waals surface area contributed by atoms with Crippen LogP contribution in [0.1, 0.15) is 24.5 Å². The first-order valence-electron chi connectivity index (χ1n) is 8.63. The maximum Gasteiger partial charge on any atom is 0.191 e. The highest BCUT2D eigenvalue weighted by molar-refractivity contribution is 5.79. The van der Waals surface area contributed by atoms with Gasteiger partial charge in [0.25, 0.3) is 0 Å². The first kappa shape index (κ1) is 17.4. The summed E-state index contributed by atoms with van der Waals surface area (Å²) in [5, 5.41) is 11.3. The van der Waals surface area contributed by atoms with Gasteiger partial charge in [-0.25, -0.2) is 14.6 Å². The van der Waals surface area contributed by atoms with Gasteiger partial charge in [-0.05, 0) is 12.8 Å². The number of hydrogen-bond donors (Lipinski definition) is 2. The van der Waals surface area contributed by atoms with Crippen molar-refractivity contribution >= 4 is 5.96 Å². The second kappa shape index (κ2) is 8.61. The molecule has 9 heteroatoms. The topological polar surface area (TPSA) is 94.2 Å². The number of methoxy groups -OCH3 is 1. The van der Waals surface area contributed by atoms with E-state index in [0.717, 1.165) is 56.5 Å². The monoisotopic (exact) mass is 346 g/mol. The van der Waals surface area contributed by atoms with Crippen molar-refractivity contribution in [3.63, 3.8) is 0 Å². The lowest BCUT2D eigenvalue weighted by Gasteiger charge is -2.25. The van der Waals surface area contributed by atoms with Crippen LogP contribution in [0.25, 0.3) is 0 Å². The van der Waals surface area contributed by atoms with Crippen molar-refractivity contribution in [1.29, 1.82) is 0 Å². The average Bonchev–Trinajstić information content (AvgIpc) is 3.26. The van der Waals surface area contributed by atoms with Crippen molar-refractivity contribution in [1.82, 2.24) is 34.9 Å². The Morgan fingerprint density at radius 1 is 1.48 bits per heavy atom. The molecular weight excluding hydrogens is 320 g/mol. The zero-order valence-corrected chi connectivity index (χ0v) is 14.9. The summed E-state index contributed by atoms with van der Waals surface area (Å²) in [6.07, 6.45) is 8.54. The number of rotatable bonds is 7. The van der Waals surface area contributed by atoms with E-state index in [0.29, 0.717) is 12.6 Å². The summed E-state index contributed by atoms with van der Waals surface area (Å²) in [5.41, 5.74) is 0. The van der Waals surface area contributed by atoms with E-state index in [-0.39, 0.29) is 0 Å². The number of ether oxygens (including phenoxy) is 1. The fraction of sp³-hybridized carbons (Fsp3) is 0.625. The van der Waals surface area contributed by atoms with Crippen LogP contribution in [0.3, 0.4) is 0 Å². The molecule has 25 heavy (non-hydrogen) atoms. The van der Waals surface area contributed by atoms with Crippen LogP contribution in [0.5, 0.6) is 0 Å². The standard InChI is InChI=1S/C16H26N8O/c1-17-16(19-6-3-8-23-9-7-18-12-23)20-13-4-5-15-21-14(11-25-2)22-24(15)10-13/h7,9,12-13H,3-6,8,10-11H2,1-2H3,(H2,17,19,20). The van der Waals surface area contributed by atoms with Crippen LogP contribution in [0.4, 0.5) is 0 Å². The molecule has 9 nitrogen and oxygen atoms in total. The SMILES string of the molecule is CN=C(NCCCn1ccnc1)NC1CCc2nc(COC)nn2C1. The number of imidazole rings is 1. The molecule has 0 radical (unpaired) electrons. The minimum Gasteiger partial charge on any atom is -0.377 e. The van der Waals surface area contributed by atoms with E-state index in [2.05, 4.69) is 35.3 Å². The minimum absolute atomic E-state index is 0.296. The molecule has 0 fully saturated rings. The number of guanidine groups is 1. The van der Waals surface area contributed by atoms with Gasteiger partial charge in [-0.1, -0.05) is 0 Å².